The van der Waals surface area contributed by atoms with Crippen molar-refractivity contribution >= 4 is 16.5 Å². The van der Waals surface area contributed by atoms with Crippen LogP contribution in [0.15, 0.2) is 0 Å². The molecule has 0 aliphatic heterocycles. The van der Waals surface area contributed by atoms with Gasteiger partial charge in [-0.2, -0.15) is 0 Å². The lowest BCUT2D eigenvalue weighted by Gasteiger charge is -2.26. The maximum Gasteiger partial charge on any atom is 0.185 e. The lowest BCUT2D eigenvalue weighted by Crippen LogP contribution is -2.28. The minimum atomic E-state index is 0.249. The van der Waals surface area contributed by atoms with E-state index in [1.807, 2.05) is 0 Å². The SMILES string of the molecule is COCCNCc1sc(N(C)CC(C)(C)C)nc1COC. The number of nitrogens with one attached hydrogen (secondary N) is 1. The van der Waals surface area contributed by atoms with E-state index < -0.39 is 0 Å². The van der Waals surface area contributed by atoms with Crippen LogP contribution in [0.2, 0.25) is 0 Å². The van der Waals surface area contributed by atoms with Gasteiger partial charge in [-0.05, 0) is 5.41 Å². The molecule has 0 spiro atoms. The van der Waals surface area contributed by atoms with E-state index >= 15 is 0 Å². The lowest BCUT2D eigenvalue weighted by molar-refractivity contribution is 0.181. The zero-order valence-electron chi connectivity index (χ0n) is 14.2. The van der Waals surface area contributed by atoms with Gasteiger partial charge in [-0.1, -0.05) is 20.8 Å². The number of ether oxygens (including phenoxy) is 2. The van der Waals surface area contributed by atoms with Gasteiger partial charge < -0.3 is 19.7 Å². The first-order chi connectivity index (χ1) is 9.87. The molecule has 0 saturated carbocycles. The molecular weight excluding hydrogens is 286 g/mol. The van der Waals surface area contributed by atoms with E-state index in [1.165, 1.54) is 4.88 Å². The van der Waals surface area contributed by atoms with Crippen molar-refractivity contribution in [1.29, 1.82) is 0 Å². The summed E-state index contributed by atoms with van der Waals surface area (Å²) in [4.78, 5) is 8.20. The molecule has 5 nitrogen and oxygen atoms in total. The van der Waals surface area contributed by atoms with Gasteiger partial charge in [0, 0.05) is 45.8 Å². The minimum Gasteiger partial charge on any atom is -0.383 e. The monoisotopic (exact) mass is 315 g/mol. The van der Waals surface area contributed by atoms with Crippen molar-refractivity contribution in [3.8, 4) is 0 Å². The molecule has 1 heterocycles. The Kier molecular flexibility index (Phi) is 7.59. The number of hydrogen-bond acceptors (Lipinski definition) is 6. The summed E-state index contributed by atoms with van der Waals surface area (Å²) in [6.07, 6.45) is 0. The molecule has 0 saturated heterocycles. The highest BCUT2D eigenvalue weighted by Crippen LogP contribution is 2.28. The van der Waals surface area contributed by atoms with Gasteiger partial charge in [0.05, 0.1) is 18.9 Å². The molecule has 0 aromatic carbocycles. The fraction of sp³-hybridized carbons (Fsp3) is 0.800. The molecule has 1 rings (SSSR count). The molecule has 0 amide bonds. The summed E-state index contributed by atoms with van der Waals surface area (Å²) in [7, 11) is 5.52. The van der Waals surface area contributed by atoms with Gasteiger partial charge in [0.1, 0.15) is 0 Å². The Labute approximate surface area is 132 Å². The maximum atomic E-state index is 5.26. The van der Waals surface area contributed by atoms with Crippen LogP contribution < -0.4 is 10.2 Å². The number of hydrogen-bond donors (Lipinski definition) is 1. The van der Waals surface area contributed by atoms with E-state index in [-0.39, 0.29) is 5.41 Å². The Morgan fingerprint density at radius 2 is 1.95 bits per heavy atom. The van der Waals surface area contributed by atoms with E-state index in [1.54, 1.807) is 25.6 Å². The number of aromatic nitrogens is 1. The molecule has 1 aromatic rings. The van der Waals surface area contributed by atoms with Gasteiger partial charge in [0.25, 0.3) is 0 Å². The molecule has 0 atom stereocenters. The summed E-state index contributed by atoms with van der Waals surface area (Å²) < 4.78 is 10.3. The third kappa shape index (κ3) is 6.74. The topological polar surface area (TPSA) is 46.6 Å². The first-order valence-electron chi connectivity index (χ1n) is 7.25. The molecule has 0 aliphatic rings. The van der Waals surface area contributed by atoms with Crippen LogP contribution in [0.3, 0.4) is 0 Å². The molecule has 0 fully saturated rings. The molecule has 1 N–H and O–H groups in total. The van der Waals surface area contributed by atoms with Gasteiger partial charge >= 0.3 is 0 Å². The predicted octanol–water partition coefficient (Wildman–Crippen LogP) is 2.51. The van der Waals surface area contributed by atoms with Crippen molar-refractivity contribution in [1.82, 2.24) is 10.3 Å². The first kappa shape index (κ1) is 18.4. The second-order valence-electron chi connectivity index (χ2n) is 6.39. The fourth-order valence-electron chi connectivity index (χ4n) is 2.08. The zero-order valence-corrected chi connectivity index (χ0v) is 15.0. The Bertz CT molecular complexity index is 416. The number of methoxy groups -OCH3 is 2. The zero-order chi connectivity index (χ0) is 15.9. The summed E-state index contributed by atoms with van der Waals surface area (Å²) in [5.74, 6) is 0. The highest BCUT2D eigenvalue weighted by atomic mass is 32.1. The summed E-state index contributed by atoms with van der Waals surface area (Å²) in [5, 5.41) is 4.43. The van der Waals surface area contributed by atoms with Crippen LogP contribution in [0.1, 0.15) is 31.3 Å². The van der Waals surface area contributed by atoms with E-state index in [2.05, 4.69) is 38.0 Å². The quantitative estimate of drug-likeness (QED) is 0.710. The largest absolute Gasteiger partial charge is 0.383 e. The van der Waals surface area contributed by atoms with Crippen LogP contribution in [-0.2, 0) is 22.6 Å². The lowest BCUT2D eigenvalue weighted by atomic mass is 9.96. The standard InChI is InChI=1S/C15H29N3O2S/c1-15(2,3)11-18(4)14-17-12(10-20-6)13(21-14)9-16-7-8-19-5/h16H,7-11H2,1-6H3. The van der Waals surface area contributed by atoms with Crippen molar-refractivity contribution in [2.24, 2.45) is 5.41 Å². The number of anilines is 1. The van der Waals surface area contributed by atoms with Crippen molar-refractivity contribution in [3.63, 3.8) is 0 Å². The van der Waals surface area contributed by atoms with Gasteiger partial charge in [0.2, 0.25) is 0 Å². The minimum absolute atomic E-state index is 0.249. The van der Waals surface area contributed by atoms with Crippen LogP contribution in [0.5, 0.6) is 0 Å². The fourth-order valence-corrected chi connectivity index (χ4v) is 3.07. The average molecular weight is 315 g/mol. The number of thiazole rings is 1. The molecule has 122 valence electrons. The third-order valence-electron chi connectivity index (χ3n) is 2.85. The molecule has 0 radical (unpaired) electrons. The van der Waals surface area contributed by atoms with Gasteiger partial charge in [-0.25, -0.2) is 4.98 Å². The summed E-state index contributed by atoms with van der Waals surface area (Å²) in [5.41, 5.74) is 1.28. The maximum absolute atomic E-state index is 5.26. The average Bonchev–Trinajstić information content (AvgIpc) is 2.77. The van der Waals surface area contributed by atoms with Crippen LogP contribution in [-0.4, -0.2) is 45.9 Å². The van der Waals surface area contributed by atoms with E-state index in [4.69, 9.17) is 14.5 Å². The van der Waals surface area contributed by atoms with Crippen molar-refractivity contribution in [2.75, 3.05) is 45.9 Å². The van der Waals surface area contributed by atoms with Crippen LogP contribution >= 0.6 is 11.3 Å². The number of nitrogens with zero attached hydrogens (tertiary/aromatic N) is 2. The smallest absolute Gasteiger partial charge is 0.185 e. The van der Waals surface area contributed by atoms with Gasteiger partial charge in [-0.3, -0.25) is 0 Å². The van der Waals surface area contributed by atoms with Crippen LogP contribution in [0.4, 0.5) is 5.13 Å². The Balaban J connectivity index is 2.73. The highest BCUT2D eigenvalue weighted by Gasteiger charge is 2.18. The number of rotatable bonds is 9. The molecule has 6 heteroatoms. The van der Waals surface area contributed by atoms with Gasteiger partial charge in [0.15, 0.2) is 5.13 Å². The summed E-state index contributed by atoms with van der Waals surface area (Å²) >= 11 is 1.74. The Morgan fingerprint density at radius 3 is 2.52 bits per heavy atom. The van der Waals surface area contributed by atoms with Gasteiger partial charge in [-0.15, -0.1) is 11.3 Å². The second-order valence-corrected chi connectivity index (χ2v) is 7.45. The second kappa shape index (κ2) is 8.68. The van der Waals surface area contributed by atoms with E-state index in [9.17, 15) is 0 Å². The molecule has 0 bridgehead atoms. The molecule has 1 aromatic heterocycles. The summed E-state index contributed by atoms with van der Waals surface area (Å²) in [6.45, 7) is 10.6. The molecular formula is C15H29N3O2S. The van der Waals surface area contributed by atoms with Crippen LogP contribution in [0, 0.1) is 5.41 Å². The molecule has 21 heavy (non-hydrogen) atoms. The predicted molar refractivity (Wildman–Crippen MR) is 89.1 cm³/mol. The van der Waals surface area contributed by atoms with Crippen molar-refractivity contribution < 1.29 is 9.47 Å². The van der Waals surface area contributed by atoms with E-state index in [0.29, 0.717) is 6.61 Å². The van der Waals surface area contributed by atoms with Crippen LogP contribution in [0.25, 0.3) is 0 Å². The third-order valence-corrected chi connectivity index (χ3v) is 4.07. The molecule has 0 aliphatic carbocycles. The highest BCUT2D eigenvalue weighted by molar-refractivity contribution is 7.15. The van der Waals surface area contributed by atoms with Crippen molar-refractivity contribution in [2.45, 2.75) is 33.9 Å². The normalized spacial score (nSPS) is 11.9. The Morgan fingerprint density at radius 1 is 1.24 bits per heavy atom. The Hall–Kier alpha value is -0.690. The summed E-state index contributed by atoms with van der Waals surface area (Å²) in [6, 6.07) is 0. The molecule has 0 unspecified atom stereocenters. The van der Waals surface area contributed by atoms with Crippen molar-refractivity contribution in [3.05, 3.63) is 10.6 Å². The van der Waals surface area contributed by atoms with E-state index in [0.717, 1.165) is 37.1 Å². The first-order valence-corrected chi connectivity index (χ1v) is 8.07.